The Morgan fingerprint density at radius 1 is 1.10 bits per heavy atom. The normalized spacial score (nSPS) is 13.0. The Kier molecular flexibility index (Phi) is 3.94. The fourth-order valence-electron chi connectivity index (χ4n) is 2.25. The maximum Gasteiger partial charge on any atom is 0.263 e. The smallest absolute Gasteiger partial charge is 0.263 e. The predicted octanol–water partition coefficient (Wildman–Crippen LogP) is 4.48. The van der Waals surface area contributed by atoms with Gasteiger partial charge in [-0.25, -0.2) is 13.8 Å². The standard InChI is InChI=1S/C16H14F2N2S/c17-15(18)11-5-3-4-10(8-11)9-12(19)16-20-13-6-1-2-7-14(13)21-16/h1-8,12,15H,9,19H2. The Hall–Kier alpha value is -1.85. The maximum atomic E-state index is 12.7. The molecule has 0 fully saturated rings. The second-order valence-electron chi connectivity index (χ2n) is 4.88. The molecule has 5 heteroatoms. The number of rotatable bonds is 4. The van der Waals surface area contributed by atoms with Crippen LogP contribution in [-0.4, -0.2) is 4.98 Å². The van der Waals surface area contributed by atoms with Crippen molar-refractivity contribution in [3.63, 3.8) is 0 Å². The van der Waals surface area contributed by atoms with Gasteiger partial charge in [0.25, 0.3) is 6.43 Å². The molecule has 2 aromatic carbocycles. The average Bonchev–Trinajstić information content (AvgIpc) is 2.91. The lowest BCUT2D eigenvalue weighted by molar-refractivity contribution is 0.151. The number of nitrogens with two attached hydrogens (primary N) is 1. The van der Waals surface area contributed by atoms with Gasteiger partial charge < -0.3 is 5.73 Å². The predicted molar refractivity (Wildman–Crippen MR) is 81.7 cm³/mol. The van der Waals surface area contributed by atoms with Gasteiger partial charge in [0, 0.05) is 5.56 Å². The van der Waals surface area contributed by atoms with E-state index in [1.54, 1.807) is 17.4 Å². The molecule has 0 aliphatic rings. The number of hydrogen-bond acceptors (Lipinski definition) is 3. The van der Waals surface area contributed by atoms with Gasteiger partial charge in [-0.15, -0.1) is 11.3 Å². The van der Waals surface area contributed by atoms with Crippen LogP contribution in [0, 0.1) is 0 Å². The zero-order valence-corrected chi connectivity index (χ0v) is 12.0. The Labute approximate surface area is 125 Å². The zero-order chi connectivity index (χ0) is 14.8. The number of benzene rings is 2. The number of thiazole rings is 1. The van der Waals surface area contributed by atoms with Crippen LogP contribution in [0.5, 0.6) is 0 Å². The summed E-state index contributed by atoms with van der Waals surface area (Å²) in [7, 11) is 0. The van der Waals surface area contributed by atoms with Crippen molar-refractivity contribution in [1.29, 1.82) is 0 Å². The summed E-state index contributed by atoms with van der Waals surface area (Å²) >= 11 is 1.55. The van der Waals surface area contributed by atoms with Crippen molar-refractivity contribution in [3.8, 4) is 0 Å². The third-order valence-corrected chi connectivity index (χ3v) is 4.45. The summed E-state index contributed by atoms with van der Waals surface area (Å²) in [5.41, 5.74) is 7.94. The van der Waals surface area contributed by atoms with Crippen LogP contribution in [0.15, 0.2) is 48.5 Å². The second-order valence-corrected chi connectivity index (χ2v) is 5.94. The van der Waals surface area contributed by atoms with Crippen LogP contribution >= 0.6 is 11.3 Å². The quantitative estimate of drug-likeness (QED) is 0.772. The Balaban J connectivity index is 1.82. The van der Waals surface area contributed by atoms with Gasteiger partial charge in [0.2, 0.25) is 0 Å². The molecule has 1 aromatic heterocycles. The van der Waals surface area contributed by atoms with Gasteiger partial charge in [-0.1, -0.05) is 36.4 Å². The summed E-state index contributed by atoms with van der Waals surface area (Å²) in [6.07, 6.45) is -1.95. The molecule has 0 aliphatic carbocycles. The Morgan fingerprint density at radius 2 is 1.90 bits per heavy atom. The maximum absolute atomic E-state index is 12.7. The molecule has 0 radical (unpaired) electrons. The SMILES string of the molecule is NC(Cc1cccc(C(F)F)c1)c1nc2ccccc2s1. The van der Waals surface area contributed by atoms with Crippen LogP contribution < -0.4 is 5.73 Å². The molecule has 0 spiro atoms. The van der Waals surface area contributed by atoms with Gasteiger partial charge >= 0.3 is 0 Å². The van der Waals surface area contributed by atoms with Gasteiger partial charge in [0.1, 0.15) is 5.01 Å². The van der Waals surface area contributed by atoms with Gasteiger partial charge in [-0.05, 0) is 24.1 Å². The highest BCUT2D eigenvalue weighted by Crippen LogP contribution is 2.28. The van der Waals surface area contributed by atoms with Crippen molar-refractivity contribution in [2.75, 3.05) is 0 Å². The van der Waals surface area contributed by atoms with E-state index in [1.807, 2.05) is 30.3 Å². The van der Waals surface area contributed by atoms with Crippen LogP contribution in [-0.2, 0) is 6.42 Å². The average molecular weight is 304 g/mol. The summed E-state index contributed by atoms with van der Waals surface area (Å²) < 4.78 is 26.5. The van der Waals surface area contributed by atoms with E-state index in [0.29, 0.717) is 6.42 Å². The largest absolute Gasteiger partial charge is 0.322 e. The molecule has 1 atom stereocenters. The fourth-order valence-corrected chi connectivity index (χ4v) is 3.21. The van der Waals surface area contributed by atoms with Gasteiger partial charge in [-0.3, -0.25) is 0 Å². The first-order valence-electron chi connectivity index (χ1n) is 6.61. The molecule has 21 heavy (non-hydrogen) atoms. The number of halogens is 2. The molecule has 0 saturated carbocycles. The highest BCUT2D eigenvalue weighted by Gasteiger charge is 2.14. The van der Waals surface area contributed by atoms with Gasteiger partial charge in [0.05, 0.1) is 16.3 Å². The summed E-state index contributed by atoms with van der Waals surface area (Å²) in [5.74, 6) is 0. The molecule has 3 rings (SSSR count). The van der Waals surface area contributed by atoms with E-state index in [1.165, 1.54) is 12.1 Å². The van der Waals surface area contributed by atoms with Crippen LogP contribution in [0.4, 0.5) is 8.78 Å². The number of hydrogen-bond donors (Lipinski definition) is 1. The van der Waals surface area contributed by atoms with Crippen LogP contribution in [0.25, 0.3) is 10.2 Å². The van der Waals surface area contributed by atoms with E-state index in [0.717, 1.165) is 20.8 Å². The van der Waals surface area contributed by atoms with Crippen LogP contribution in [0.2, 0.25) is 0 Å². The molecule has 0 aliphatic heterocycles. The number of aromatic nitrogens is 1. The first-order valence-corrected chi connectivity index (χ1v) is 7.43. The molecule has 3 aromatic rings. The molecular formula is C16H14F2N2S. The summed E-state index contributed by atoms with van der Waals surface area (Å²) in [4.78, 5) is 4.51. The lowest BCUT2D eigenvalue weighted by atomic mass is 10.0. The molecular weight excluding hydrogens is 290 g/mol. The molecule has 108 valence electrons. The van der Waals surface area contributed by atoms with Gasteiger partial charge in [-0.2, -0.15) is 0 Å². The number of para-hydroxylation sites is 1. The summed E-state index contributed by atoms with van der Waals surface area (Å²) in [6, 6.07) is 14.0. The number of fused-ring (bicyclic) bond motifs is 1. The third kappa shape index (κ3) is 3.09. The van der Waals surface area contributed by atoms with E-state index in [2.05, 4.69) is 4.98 Å². The summed E-state index contributed by atoms with van der Waals surface area (Å²) in [5, 5.41) is 0.832. The molecule has 1 heterocycles. The topological polar surface area (TPSA) is 38.9 Å². The fraction of sp³-hybridized carbons (Fsp3) is 0.188. The Morgan fingerprint density at radius 3 is 2.67 bits per heavy atom. The molecule has 1 unspecified atom stereocenters. The van der Waals surface area contributed by atoms with Gasteiger partial charge in [0.15, 0.2) is 0 Å². The minimum absolute atomic E-state index is 0.0315. The van der Waals surface area contributed by atoms with Crippen LogP contribution in [0.3, 0.4) is 0 Å². The monoisotopic (exact) mass is 304 g/mol. The summed E-state index contributed by atoms with van der Waals surface area (Å²) in [6.45, 7) is 0. The van der Waals surface area contributed by atoms with Crippen molar-refractivity contribution in [3.05, 3.63) is 64.7 Å². The first kappa shape index (κ1) is 14.1. The van der Waals surface area contributed by atoms with Crippen molar-refractivity contribution in [1.82, 2.24) is 4.98 Å². The molecule has 2 N–H and O–H groups in total. The lowest BCUT2D eigenvalue weighted by Crippen LogP contribution is -2.13. The molecule has 0 amide bonds. The molecule has 0 bridgehead atoms. The van der Waals surface area contributed by atoms with Crippen LogP contribution in [0.1, 0.15) is 28.6 Å². The Bertz CT molecular complexity index is 722. The van der Waals surface area contributed by atoms with E-state index in [4.69, 9.17) is 5.73 Å². The minimum Gasteiger partial charge on any atom is -0.322 e. The third-order valence-electron chi connectivity index (χ3n) is 3.29. The van der Waals surface area contributed by atoms with Crippen molar-refractivity contribution >= 4 is 21.6 Å². The van der Waals surface area contributed by atoms with E-state index >= 15 is 0 Å². The first-order chi connectivity index (χ1) is 10.1. The number of alkyl halides is 2. The van der Waals surface area contributed by atoms with E-state index < -0.39 is 6.43 Å². The van der Waals surface area contributed by atoms with E-state index in [9.17, 15) is 8.78 Å². The van der Waals surface area contributed by atoms with Crippen molar-refractivity contribution < 1.29 is 8.78 Å². The van der Waals surface area contributed by atoms with Crippen molar-refractivity contribution in [2.24, 2.45) is 5.73 Å². The number of nitrogens with zero attached hydrogens (tertiary/aromatic N) is 1. The van der Waals surface area contributed by atoms with Crippen molar-refractivity contribution in [2.45, 2.75) is 18.9 Å². The molecule has 0 saturated heterocycles. The highest BCUT2D eigenvalue weighted by atomic mass is 32.1. The zero-order valence-electron chi connectivity index (χ0n) is 11.2. The molecule has 2 nitrogen and oxygen atoms in total. The lowest BCUT2D eigenvalue weighted by Gasteiger charge is -2.09. The minimum atomic E-state index is -2.45. The second kappa shape index (κ2) is 5.87. The highest BCUT2D eigenvalue weighted by molar-refractivity contribution is 7.18. The van der Waals surface area contributed by atoms with E-state index in [-0.39, 0.29) is 11.6 Å².